The molecule has 88 valence electrons. The Morgan fingerprint density at radius 2 is 1.87 bits per heavy atom. The molecular formula is C8H10Cl4O3. The van der Waals surface area contributed by atoms with Gasteiger partial charge >= 0.3 is 5.97 Å². The maximum Gasteiger partial charge on any atom is 0.314 e. The number of carbonyl (C=O) groups excluding carboxylic acids is 2. The van der Waals surface area contributed by atoms with E-state index in [1.807, 2.05) is 0 Å². The summed E-state index contributed by atoms with van der Waals surface area (Å²) in [5, 5.41) is 0. The summed E-state index contributed by atoms with van der Waals surface area (Å²) in [6.45, 7) is 1.28. The van der Waals surface area contributed by atoms with Crippen molar-refractivity contribution < 1.29 is 14.3 Å². The van der Waals surface area contributed by atoms with Gasteiger partial charge in [-0.2, -0.15) is 0 Å². The maximum absolute atomic E-state index is 11.0. The van der Waals surface area contributed by atoms with E-state index in [9.17, 15) is 9.59 Å². The second-order valence-corrected chi connectivity index (χ2v) is 5.94. The molecule has 7 heteroatoms. The van der Waals surface area contributed by atoms with Crippen molar-refractivity contribution in [3.05, 3.63) is 0 Å². The van der Waals surface area contributed by atoms with Crippen LogP contribution in [-0.2, 0) is 14.3 Å². The van der Waals surface area contributed by atoms with Crippen molar-refractivity contribution in [3.63, 3.8) is 0 Å². The second-order valence-electron chi connectivity index (χ2n) is 2.93. The van der Waals surface area contributed by atoms with Crippen molar-refractivity contribution in [1.29, 1.82) is 0 Å². The molecule has 0 spiro atoms. The van der Waals surface area contributed by atoms with Crippen LogP contribution >= 0.6 is 46.4 Å². The molecule has 0 bridgehead atoms. The third-order valence-corrected chi connectivity index (χ3v) is 2.18. The summed E-state index contributed by atoms with van der Waals surface area (Å²) < 4.78 is 3.27. The topological polar surface area (TPSA) is 43.4 Å². The minimum absolute atomic E-state index is 0.166. The first-order chi connectivity index (χ1) is 6.70. The molecule has 0 aromatic rings. The first kappa shape index (κ1) is 15.3. The zero-order chi connectivity index (χ0) is 12.1. The van der Waals surface area contributed by atoms with Gasteiger partial charge in [-0.1, -0.05) is 46.4 Å². The third kappa shape index (κ3) is 10.6. The monoisotopic (exact) mass is 294 g/mol. The van der Waals surface area contributed by atoms with Crippen LogP contribution in [0.2, 0.25) is 0 Å². The molecule has 0 aliphatic rings. The van der Waals surface area contributed by atoms with Crippen molar-refractivity contribution in [3.8, 4) is 0 Å². The fraction of sp³-hybridized carbons (Fsp3) is 0.750. The smallest absolute Gasteiger partial charge is 0.314 e. The summed E-state index contributed by atoms with van der Waals surface area (Å²) in [7, 11) is 0. The van der Waals surface area contributed by atoms with E-state index in [4.69, 9.17) is 46.4 Å². The maximum atomic E-state index is 11.0. The minimum atomic E-state index is -1.42. The Kier molecular flexibility index (Phi) is 6.93. The number of rotatable bonds is 5. The Hall–Kier alpha value is 0.300. The summed E-state index contributed by atoms with van der Waals surface area (Å²) in [6, 6.07) is 0. The molecule has 0 heterocycles. The van der Waals surface area contributed by atoms with Crippen LogP contribution in [0.25, 0.3) is 0 Å². The Labute approximate surface area is 108 Å². The molecule has 1 unspecified atom stereocenters. The van der Waals surface area contributed by atoms with Gasteiger partial charge in [0.25, 0.3) is 0 Å². The fourth-order valence-corrected chi connectivity index (χ4v) is 1.26. The van der Waals surface area contributed by atoms with Crippen molar-refractivity contribution in [2.45, 2.75) is 35.5 Å². The first-order valence-electron chi connectivity index (χ1n) is 4.10. The van der Waals surface area contributed by atoms with Gasteiger partial charge in [-0.15, -0.1) is 0 Å². The Bertz CT molecular complexity index is 237. The van der Waals surface area contributed by atoms with Crippen LogP contribution in [0.1, 0.15) is 26.2 Å². The zero-order valence-electron chi connectivity index (χ0n) is 7.94. The van der Waals surface area contributed by atoms with Gasteiger partial charge in [0.2, 0.25) is 0 Å². The number of alkyl halides is 4. The Morgan fingerprint density at radius 1 is 1.33 bits per heavy atom. The fourth-order valence-electron chi connectivity index (χ4n) is 0.724. The normalized spacial score (nSPS) is 13.4. The molecule has 0 radical (unpaired) electrons. The summed E-state index contributed by atoms with van der Waals surface area (Å²) in [6.07, 6.45) is 0.0812. The average Bonchev–Trinajstić information content (AvgIpc) is 1.97. The number of Topliss-reactive ketones (excluding diaryl/α,β-unsaturated/α-hetero) is 1. The number of halogens is 4. The number of hydrogen-bond donors (Lipinski definition) is 0. The highest BCUT2D eigenvalue weighted by Crippen LogP contribution is 2.32. The van der Waals surface area contributed by atoms with Crippen LogP contribution in [-0.4, -0.2) is 21.1 Å². The molecule has 3 nitrogen and oxygen atoms in total. The van der Waals surface area contributed by atoms with Gasteiger partial charge in [0, 0.05) is 6.42 Å². The summed E-state index contributed by atoms with van der Waals surface area (Å²) in [5.41, 5.74) is -0.882. The SMILES string of the molecule is CC(=O)CC(=O)OC(Cl)CCC(Cl)(Cl)Cl. The van der Waals surface area contributed by atoms with E-state index >= 15 is 0 Å². The summed E-state index contributed by atoms with van der Waals surface area (Å²) >= 11 is 22.1. The largest absolute Gasteiger partial charge is 0.446 e. The molecule has 0 fully saturated rings. The van der Waals surface area contributed by atoms with E-state index in [0.29, 0.717) is 0 Å². The van der Waals surface area contributed by atoms with Crippen molar-refractivity contribution in [2.24, 2.45) is 0 Å². The van der Waals surface area contributed by atoms with E-state index < -0.39 is 15.3 Å². The van der Waals surface area contributed by atoms with Crippen molar-refractivity contribution >= 4 is 58.2 Å². The molecule has 0 N–H and O–H groups in total. The zero-order valence-corrected chi connectivity index (χ0v) is 11.0. The number of hydrogen-bond acceptors (Lipinski definition) is 3. The lowest BCUT2D eigenvalue weighted by Crippen LogP contribution is -2.17. The highest BCUT2D eigenvalue weighted by molar-refractivity contribution is 6.67. The molecule has 0 saturated heterocycles. The standard InChI is InChI=1S/C8H10Cl4O3/c1-5(13)4-7(14)15-6(9)2-3-8(10,11)12/h6H,2-4H2,1H3. The molecule has 0 amide bonds. The highest BCUT2D eigenvalue weighted by atomic mass is 35.6. The van der Waals surface area contributed by atoms with Crippen molar-refractivity contribution in [1.82, 2.24) is 0 Å². The highest BCUT2D eigenvalue weighted by Gasteiger charge is 2.22. The molecule has 0 saturated carbocycles. The lowest BCUT2D eigenvalue weighted by Gasteiger charge is -2.14. The van der Waals surface area contributed by atoms with Crippen LogP contribution in [0, 0.1) is 0 Å². The van der Waals surface area contributed by atoms with Gasteiger partial charge in [0.05, 0.1) is 0 Å². The van der Waals surface area contributed by atoms with Gasteiger partial charge < -0.3 is 4.74 Å². The molecule has 1 atom stereocenters. The quantitative estimate of drug-likeness (QED) is 0.444. The van der Waals surface area contributed by atoms with Gasteiger partial charge in [-0.3, -0.25) is 9.59 Å². The van der Waals surface area contributed by atoms with Crippen molar-refractivity contribution in [2.75, 3.05) is 0 Å². The molecule has 0 rings (SSSR count). The predicted molar refractivity (Wildman–Crippen MR) is 60.6 cm³/mol. The molecule has 0 aromatic carbocycles. The van der Waals surface area contributed by atoms with Crippen LogP contribution < -0.4 is 0 Å². The van der Waals surface area contributed by atoms with E-state index in [2.05, 4.69) is 4.74 Å². The van der Waals surface area contributed by atoms with Gasteiger partial charge in [-0.25, -0.2) is 0 Å². The van der Waals surface area contributed by atoms with Crippen LogP contribution in [0.15, 0.2) is 0 Å². The Morgan fingerprint density at radius 3 is 2.27 bits per heavy atom. The van der Waals surface area contributed by atoms with Gasteiger partial charge in [-0.05, 0) is 13.3 Å². The van der Waals surface area contributed by atoms with Crippen LogP contribution in [0.5, 0.6) is 0 Å². The third-order valence-electron chi connectivity index (χ3n) is 1.31. The molecule has 0 aliphatic heterocycles. The van der Waals surface area contributed by atoms with E-state index in [1.54, 1.807) is 0 Å². The van der Waals surface area contributed by atoms with E-state index in [-0.39, 0.29) is 25.0 Å². The molecule has 0 aromatic heterocycles. The van der Waals surface area contributed by atoms with E-state index in [0.717, 1.165) is 0 Å². The Balaban J connectivity index is 3.79. The molecular weight excluding hydrogens is 286 g/mol. The number of esters is 1. The van der Waals surface area contributed by atoms with Gasteiger partial charge in [0.1, 0.15) is 12.2 Å². The van der Waals surface area contributed by atoms with Crippen LogP contribution in [0.3, 0.4) is 0 Å². The summed E-state index contributed by atoms with van der Waals surface area (Å²) in [4.78, 5) is 21.5. The minimum Gasteiger partial charge on any atom is -0.446 e. The molecule has 15 heavy (non-hydrogen) atoms. The van der Waals surface area contributed by atoms with Crippen LogP contribution in [0.4, 0.5) is 0 Å². The van der Waals surface area contributed by atoms with Gasteiger partial charge in [0.15, 0.2) is 9.36 Å². The lowest BCUT2D eigenvalue weighted by molar-refractivity contribution is -0.147. The predicted octanol–water partition coefficient (Wildman–Crippen LogP) is 3.22. The lowest BCUT2D eigenvalue weighted by atomic mass is 10.3. The first-order valence-corrected chi connectivity index (χ1v) is 5.67. The summed E-state index contributed by atoms with van der Waals surface area (Å²) in [5.74, 6) is -0.961. The average molecular weight is 296 g/mol. The molecule has 0 aliphatic carbocycles. The van der Waals surface area contributed by atoms with E-state index in [1.165, 1.54) is 6.92 Å². The number of ether oxygens (including phenoxy) is 1. The number of ketones is 1. The second kappa shape index (κ2) is 6.79. The number of carbonyl (C=O) groups is 2.